The van der Waals surface area contributed by atoms with Gasteiger partial charge >= 0.3 is 5.97 Å². The van der Waals surface area contributed by atoms with Crippen molar-refractivity contribution in [2.24, 2.45) is 5.41 Å². The number of hydrogen-bond acceptors (Lipinski definition) is 6. The highest BCUT2D eigenvalue weighted by molar-refractivity contribution is 8.24. The van der Waals surface area contributed by atoms with Crippen molar-refractivity contribution in [1.29, 1.82) is 0 Å². The summed E-state index contributed by atoms with van der Waals surface area (Å²) in [6, 6.07) is 13.5. The maximum absolute atomic E-state index is 11.5. The van der Waals surface area contributed by atoms with E-state index in [2.05, 4.69) is 18.7 Å². The zero-order valence-corrected chi connectivity index (χ0v) is 20.8. The minimum absolute atomic E-state index is 0.270. The van der Waals surface area contributed by atoms with Gasteiger partial charge in [0, 0.05) is 43.6 Å². The molecule has 0 radical (unpaired) electrons. The number of fused-ring (bicyclic) bond motifs is 1. The van der Waals surface area contributed by atoms with Crippen LogP contribution in [0.1, 0.15) is 39.5 Å². The number of benzene rings is 2. The summed E-state index contributed by atoms with van der Waals surface area (Å²) >= 11 is 0. The molecule has 8 heteroatoms. The first-order valence-electron chi connectivity index (χ1n) is 11.4. The van der Waals surface area contributed by atoms with Crippen LogP contribution in [0.5, 0.6) is 5.75 Å². The molecular formula is C25H36N2O5S. The predicted molar refractivity (Wildman–Crippen MR) is 136 cm³/mol. The van der Waals surface area contributed by atoms with E-state index in [1.165, 1.54) is 0 Å². The summed E-state index contributed by atoms with van der Waals surface area (Å²) in [5.41, 5.74) is 2.11. The Balaban J connectivity index is 2.24. The van der Waals surface area contributed by atoms with E-state index in [0.29, 0.717) is 22.9 Å². The van der Waals surface area contributed by atoms with Gasteiger partial charge in [0.1, 0.15) is 5.75 Å². The average molecular weight is 477 g/mol. The van der Waals surface area contributed by atoms with Crippen molar-refractivity contribution in [3.63, 3.8) is 0 Å². The Labute approximate surface area is 198 Å². The minimum atomic E-state index is -3.16. The third-order valence-corrected chi connectivity index (χ3v) is 8.44. The number of carbonyl (C=O) groups is 1. The van der Waals surface area contributed by atoms with Gasteiger partial charge < -0.3 is 19.6 Å². The second-order valence-electron chi connectivity index (χ2n) is 9.05. The highest BCUT2D eigenvalue weighted by atomic mass is 32.3. The van der Waals surface area contributed by atoms with Crippen LogP contribution in [0.15, 0.2) is 47.4 Å². The van der Waals surface area contributed by atoms with Crippen molar-refractivity contribution < 1.29 is 23.7 Å². The Morgan fingerprint density at radius 3 is 2.45 bits per heavy atom. The Morgan fingerprint density at radius 1 is 1.18 bits per heavy atom. The minimum Gasteiger partial charge on any atom is -0.480 e. The zero-order valence-electron chi connectivity index (χ0n) is 20.0. The predicted octanol–water partition coefficient (Wildman–Crippen LogP) is 6.06. The second kappa shape index (κ2) is 10.2. The second-order valence-corrected chi connectivity index (χ2v) is 11.1. The Hall–Kier alpha value is -2.42. The van der Waals surface area contributed by atoms with E-state index >= 15 is 0 Å². The molecule has 7 nitrogen and oxygen atoms in total. The van der Waals surface area contributed by atoms with E-state index in [0.717, 1.165) is 37.1 Å². The van der Waals surface area contributed by atoms with E-state index in [9.17, 15) is 13.9 Å². The van der Waals surface area contributed by atoms with Crippen LogP contribution >= 0.6 is 10.6 Å². The molecule has 1 heterocycles. The molecule has 2 aromatic rings. The first-order chi connectivity index (χ1) is 15.6. The van der Waals surface area contributed by atoms with E-state index in [1.807, 2.05) is 55.4 Å². The molecule has 0 aromatic heterocycles. The molecule has 1 aliphatic heterocycles. The molecule has 0 aliphatic carbocycles. The van der Waals surface area contributed by atoms with E-state index in [4.69, 9.17) is 9.84 Å². The fourth-order valence-corrected chi connectivity index (χ4v) is 6.77. The summed E-state index contributed by atoms with van der Waals surface area (Å²) in [5.74, 6) is -0.490. The summed E-state index contributed by atoms with van der Waals surface area (Å²) in [5, 5.41) is 9.12. The van der Waals surface area contributed by atoms with Crippen LogP contribution in [0.4, 0.5) is 17.1 Å². The molecule has 0 bridgehead atoms. The van der Waals surface area contributed by atoms with Crippen molar-refractivity contribution >= 4 is 33.6 Å². The van der Waals surface area contributed by atoms with Gasteiger partial charge in [-0.15, -0.1) is 0 Å². The van der Waals surface area contributed by atoms with Gasteiger partial charge in [-0.1, -0.05) is 44.9 Å². The average Bonchev–Trinajstić information content (AvgIpc) is 2.88. The van der Waals surface area contributed by atoms with Crippen molar-refractivity contribution in [2.45, 2.75) is 44.4 Å². The lowest BCUT2D eigenvalue weighted by molar-refractivity contribution is -0.139. The van der Waals surface area contributed by atoms with Gasteiger partial charge in [0.15, 0.2) is 6.61 Å². The summed E-state index contributed by atoms with van der Waals surface area (Å²) < 4.78 is 28.6. The van der Waals surface area contributed by atoms with Gasteiger partial charge in [0.05, 0.1) is 16.3 Å². The molecule has 1 unspecified atom stereocenters. The lowest BCUT2D eigenvalue weighted by atomic mass is 9.81. The maximum atomic E-state index is 11.5. The normalized spacial score (nSPS) is 20.5. The quantitative estimate of drug-likeness (QED) is 0.405. The summed E-state index contributed by atoms with van der Waals surface area (Å²) in [7, 11) is 0.551. The van der Waals surface area contributed by atoms with Crippen molar-refractivity contribution in [2.75, 3.05) is 42.8 Å². The molecule has 1 aliphatic rings. The third kappa shape index (κ3) is 5.57. The Morgan fingerprint density at radius 2 is 1.88 bits per heavy atom. The largest absolute Gasteiger partial charge is 0.480 e. The van der Waals surface area contributed by atoms with E-state index < -0.39 is 23.2 Å². The molecule has 0 saturated heterocycles. The first-order valence-corrected chi connectivity index (χ1v) is 13.1. The molecule has 0 spiro atoms. The van der Waals surface area contributed by atoms with Crippen LogP contribution in [-0.4, -0.2) is 53.2 Å². The van der Waals surface area contributed by atoms with Crippen LogP contribution < -0.4 is 14.5 Å². The van der Waals surface area contributed by atoms with Gasteiger partial charge in [-0.2, -0.15) is 10.6 Å². The number of unbranched alkanes of at least 4 members (excludes halogenated alkanes) is 1. The number of nitrogens with zero attached hydrogens (tertiary/aromatic N) is 2. The number of anilines is 3. The van der Waals surface area contributed by atoms with Crippen LogP contribution in [0.3, 0.4) is 0 Å². The van der Waals surface area contributed by atoms with Crippen molar-refractivity contribution in [3.8, 4) is 5.75 Å². The number of ether oxygens (including phenoxy) is 1. The molecular weight excluding hydrogens is 440 g/mol. The number of carboxylic acids is 1. The topological polar surface area (TPSA) is 93.5 Å². The number of para-hydroxylation sites is 1. The lowest BCUT2D eigenvalue weighted by Crippen LogP contribution is -2.37. The smallest absolute Gasteiger partial charge is 0.341 e. The molecule has 0 fully saturated rings. The first kappa shape index (κ1) is 25.2. The fourth-order valence-electron chi connectivity index (χ4n) is 4.52. The van der Waals surface area contributed by atoms with Crippen LogP contribution in [0.2, 0.25) is 0 Å². The zero-order chi connectivity index (χ0) is 24.2. The number of carboxylic acid groups (broad SMARTS) is 1. The number of hydrogen-bond donors (Lipinski definition) is 3. The molecule has 33 heavy (non-hydrogen) atoms. The monoisotopic (exact) mass is 476 g/mol. The van der Waals surface area contributed by atoms with Crippen molar-refractivity contribution in [1.82, 2.24) is 0 Å². The molecule has 3 N–H and O–H groups in total. The van der Waals surface area contributed by atoms with E-state index in [1.54, 1.807) is 6.07 Å². The number of aliphatic carboxylic acids is 1. The van der Waals surface area contributed by atoms with Gasteiger partial charge in [0.25, 0.3) is 0 Å². The molecule has 0 amide bonds. The maximum Gasteiger partial charge on any atom is 0.341 e. The number of rotatable bonds is 9. The van der Waals surface area contributed by atoms with Gasteiger partial charge in [0.2, 0.25) is 0 Å². The summed E-state index contributed by atoms with van der Waals surface area (Å²) in [6.45, 7) is 4.43. The molecule has 2 aromatic carbocycles. The van der Waals surface area contributed by atoms with E-state index in [-0.39, 0.29) is 11.2 Å². The lowest BCUT2D eigenvalue weighted by Gasteiger charge is -2.41. The Kier molecular flexibility index (Phi) is 7.82. The molecule has 182 valence electrons. The van der Waals surface area contributed by atoms with Crippen LogP contribution in [0.25, 0.3) is 0 Å². The highest BCUT2D eigenvalue weighted by Gasteiger charge is 2.42. The third-order valence-electron chi connectivity index (χ3n) is 6.40. The van der Waals surface area contributed by atoms with Crippen LogP contribution in [0, 0.1) is 5.41 Å². The van der Waals surface area contributed by atoms with Gasteiger partial charge in [-0.05, 0) is 31.0 Å². The molecule has 1 atom stereocenters. The van der Waals surface area contributed by atoms with Crippen molar-refractivity contribution in [3.05, 3.63) is 42.5 Å². The SMILES string of the molecule is CCCCC1(CC)CN(c2ccccc2)c2cc(N(C)C)c(OCC(=O)O)cc2S(O)(O)C1. The van der Waals surface area contributed by atoms with Crippen LogP contribution in [-0.2, 0) is 4.79 Å². The standard InChI is InChI=1S/C25H36N2O5S/c1-5-7-13-25(6-2)17-27(19-11-9-8-10-12-19)21-14-20(26(3)4)22(32-16-24(28)29)15-23(21)33(30,31)18-25/h8-12,14-15,30-31H,5-7,13,16-18H2,1-4H3,(H,28,29). The highest BCUT2D eigenvalue weighted by Crippen LogP contribution is 2.62. The summed E-state index contributed by atoms with van der Waals surface area (Å²) in [6.07, 6.45) is 3.77. The van der Waals surface area contributed by atoms with Gasteiger partial charge in [-0.25, -0.2) is 4.79 Å². The van der Waals surface area contributed by atoms with Gasteiger partial charge in [-0.3, -0.25) is 9.11 Å². The fraction of sp³-hybridized carbons (Fsp3) is 0.480. The Bertz CT molecular complexity index is 967. The summed E-state index contributed by atoms with van der Waals surface area (Å²) in [4.78, 5) is 15.6. The molecule has 3 rings (SSSR count). The molecule has 0 saturated carbocycles.